The van der Waals surface area contributed by atoms with Crippen LogP contribution >= 0.6 is 0 Å². The van der Waals surface area contributed by atoms with E-state index in [0.29, 0.717) is 22.7 Å². The number of amides is 1. The lowest BCUT2D eigenvalue weighted by molar-refractivity contribution is -0.136. The normalized spacial score (nSPS) is 12.7. The molecule has 7 nitrogen and oxygen atoms in total. The fourth-order valence-corrected chi connectivity index (χ4v) is 2.40. The maximum atomic E-state index is 12.2. The number of hydrogen-bond donors (Lipinski definition) is 1. The van der Waals surface area contributed by atoms with Crippen molar-refractivity contribution in [3.63, 3.8) is 0 Å². The van der Waals surface area contributed by atoms with Gasteiger partial charge in [-0.2, -0.15) is 0 Å². The number of Topliss-reactive ketones (excluding diaryl/α,β-unsaturated/α-hetero) is 1. The smallest absolute Gasteiger partial charge is 0.331 e. The van der Waals surface area contributed by atoms with Crippen LogP contribution in [0.3, 0.4) is 0 Å². The molecule has 1 N–H and O–H groups in total. The Morgan fingerprint density at radius 3 is 2.70 bits per heavy atom. The number of fused-ring (bicyclic) bond motifs is 1. The summed E-state index contributed by atoms with van der Waals surface area (Å²) in [6.45, 7) is -0.461. The molecule has 0 saturated heterocycles. The van der Waals surface area contributed by atoms with Gasteiger partial charge in [-0.3, -0.25) is 9.59 Å². The van der Waals surface area contributed by atoms with Gasteiger partial charge in [0.05, 0.1) is 12.8 Å². The van der Waals surface area contributed by atoms with Crippen LogP contribution in [0.4, 0.5) is 5.69 Å². The molecule has 1 aliphatic heterocycles. The van der Waals surface area contributed by atoms with Gasteiger partial charge in [0.15, 0.2) is 19.0 Å². The zero-order chi connectivity index (χ0) is 19.2. The molecule has 0 fully saturated rings. The quantitative estimate of drug-likeness (QED) is 0.479. The van der Waals surface area contributed by atoms with Crippen LogP contribution in [0.1, 0.15) is 15.9 Å². The molecule has 1 heterocycles. The van der Waals surface area contributed by atoms with Crippen LogP contribution in [0.2, 0.25) is 0 Å². The molecule has 0 spiro atoms. The first-order valence-electron chi connectivity index (χ1n) is 8.14. The third kappa shape index (κ3) is 4.72. The second-order valence-electron chi connectivity index (χ2n) is 5.69. The summed E-state index contributed by atoms with van der Waals surface area (Å²) in [6, 6.07) is 11.8. The van der Waals surface area contributed by atoms with Gasteiger partial charge in [0, 0.05) is 11.6 Å². The Morgan fingerprint density at radius 1 is 1.19 bits per heavy atom. The van der Waals surface area contributed by atoms with Gasteiger partial charge in [0.1, 0.15) is 11.5 Å². The average molecular weight is 367 g/mol. The maximum absolute atomic E-state index is 12.2. The SMILES string of the molecule is COc1ccc(C=CC(=O)OCC(=O)c2ccc3c(c2)NC(=O)CO3)cc1. The summed E-state index contributed by atoms with van der Waals surface area (Å²) in [5, 5.41) is 2.62. The van der Waals surface area contributed by atoms with E-state index in [2.05, 4.69) is 5.32 Å². The summed E-state index contributed by atoms with van der Waals surface area (Å²) >= 11 is 0. The Labute approximate surface area is 155 Å². The van der Waals surface area contributed by atoms with Crippen molar-refractivity contribution in [1.29, 1.82) is 0 Å². The highest BCUT2D eigenvalue weighted by Crippen LogP contribution is 2.28. The minimum atomic E-state index is -0.631. The molecule has 0 radical (unpaired) electrons. The molecule has 27 heavy (non-hydrogen) atoms. The van der Waals surface area contributed by atoms with Crippen molar-refractivity contribution in [3.05, 3.63) is 59.7 Å². The molecular weight excluding hydrogens is 350 g/mol. The molecule has 0 unspecified atom stereocenters. The van der Waals surface area contributed by atoms with Gasteiger partial charge in [0.2, 0.25) is 0 Å². The number of methoxy groups -OCH3 is 1. The summed E-state index contributed by atoms with van der Waals surface area (Å²) in [5.74, 6) is -0.0997. The number of hydrogen-bond acceptors (Lipinski definition) is 6. The molecular formula is C20H17NO6. The first-order chi connectivity index (χ1) is 13.0. The van der Waals surface area contributed by atoms with Crippen molar-refractivity contribution in [2.75, 3.05) is 25.6 Å². The average Bonchev–Trinajstić information content (AvgIpc) is 2.70. The number of benzene rings is 2. The van der Waals surface area contributed by atoms with Crippen LogP contribution in [-0.4, -0.2) is 38.0 Å². The van der Waals surface area contributed by atoms with E-state index >= 15 is 0 Å². The van der Waals surface area contributed by atoms with Gasteiger partial charge in [-0.05, 0) is 42.0 Å². The lowest BCUT2D eigenvalue weighted by Crippen LogP contribution is -2.25. The molecule has 7 heteroatoms. The van der Waals surface area contributed by atoms with Gasteiger partial charge in [-0.1, -0.05) is 12.1 Å². The second-order valence-corrected chi connectivity index (χ2v) is 5.69. The van der Waals surface area contributed by atoms with Crippen molar-refractivity contribution in [3.8, 4) is 11.5 Å². The molecule has 138 valence electrons. The van der Waals surface area contributed by atoms with Crippen LogP contribution in [-0.2, 0) is 14.3 Å². The Morgan fingerprint density at radius 2 is 1.96 bits per heavy atom. The van der Waals surface area contributed by atoms with E-state index < -0.39 is 12.6 Å². The first kappa shape index (κ1) is 18.2. The third-order valence-electron chi connectivity index (χ3n) is 3.81. The van der Waals surface area contributed by atoms with Crippen LogP contribution in [0, 0.1) is 0 Å². The molecule has 0 saturated carbocycles. The van der Waals surface area contributed by atoms with Gasteiger partial charge in [-0.25, -0.2) is 4.79 Å². The number of esters is 1. The first-order valence-corrected chi connectivity index (χ1v) is 8.14. The Hall–Kier alpha value is -3.61. The van der Waals surface area contributed by atoms with Crippen LogP contribution in [0.15, 0.2) is 48.5 Å². The number of ether oxygens (including phenoxy) is 3. The summed E-state index contributed by atoms with van der Waals surface area (Å²) in [7, 11) is 1.57. The summed E-state index contributed by atoms with van der Waals surface area (Å²) in [5.41, 5.74) is 1.53. The lowest BCUT2D eigenvalue weighted by atomic mass is 10.1. The van der Waals surface area contributed by atoms with Crippen molar-refractivity contribution < 1.29 is 28.6 Å². The lowest BCUT2D eigenvalue weighted by Gasteiger charge is -2.18. The molecule has 1 aliphatic rings. The number of rotatable bonds is 6. The molecule has 2 aromatic carbocycles. The maximum Gasteiger partial charge on any atom is 0.331 e. The van der Waals surface area contributed by atoms with E-state index in [-0.39, 0.29) is 18.3 Å². The monoisotopic (exact) mass is 367 g/mol. The second kappa shape index (κ2) is 8.18. The number of anilines is 1. The van der Waals surface area contributed by atoms with Gasteiger partial charge < -0.3 is 19.5 Å². The molecule has 0 aliphatic carbocycles. The number of ketones is 1. The highest BCUT2D eigenvalue weighted by atomic mass is 16.5. The molecule has 1 amide bonds. The zero-order valence-corrected chi connectivity index (χ0v) is 14.6. The third-order valence-corrected chi connectivity index (χ3v) is 3.81. The van der Waals surface area contributed by atoms with E-state index in [9.17, 15) is 14.4 Å². The predicted octanol–water partition coefficient (Wildman–Crippen LogP) is 2.47. The number of nitrogens with one attached hydrogen (secondary N) is 1. The van der Waals surface area contributed by atoms with Crippen molar-refractivity contribution >= 4 is 29.4 Å². The highest BCUT2D eigenvalue weighted by Gasteiger charge is 2.18. The van der Waals surface area contributed by atoms with Crippen LogP contribution in [0.5, 0.6) is 11.5 Å². The van der Waals surface area contributed by atoms with E-state index in [4.69, 9.17) is 14.2 Å². The van der Waals surface area contributed by atoms with Crippen molar-refractivity contribution in [1.82, 2.24) is 0 Å². The fraction of sp³-hybridized carbons (Fsp3) is 0.150. The molecule has 0 aromatic heterocycles. The standard InChI is InChI=1S/C20H17NO6/c1-25-15-6-2-13(3-7-15)4-9-20(24)27-11-17(22)14-5-8-18-16(10-14)21-19(23)12-26-18/h2-10H,11-12H2,1H3,(H,21,23). The minimum absolute atomic E-state index is 0.0571. The van der Waals surface area contributed by atoms with Crippen LogP contribution in [0.25, 0.3) is 6.08 Å². The largest absolute Gasteiger partial charge is 0.497 e. The fourth-order valence-electron chi connectivity index (χ4n) is 2.40. The minimum Gasteiger partial charge on any atom is -0.497 e. The number of carbonyl (C=O) groups is 3. The van der Waals surface area contributed by atoms with Crippen molar-refractivity contribution in [2.45, 2.75) is 0 Å². The zero-order valence-electron chi connectivity index (χ0n) is 14.6. The van der Waals surface area contributed by atoms with E-state index in [1.54, 1.807) is 49.6 Å². The summed E-state index contributed by atoms with van der Waals surface area (Å²) in [6.07, 6.45) is 2.83. The topological polar surface area (TPSA) is 90.9 Å². The van der Waals surface area contributed by atoms with Crippen molar-refractivity contribution in [2.24, 2.45) is 0 Å². The predicted molar refractivity (Wildman–Crippen MR) is 97.9 cm³/mol. The van der Waals surface area contributed by atoms with E-state index in [0.717, 1.165) is 5.56 Å². The van der Waals surface area contributed by atoms with Gasteiger partial charge in [0.25, 0.3) is 5.91 Å². The van der Waals surface area contributed by atoms with Crippen LogP contribution < -0.4 is 14.8 Å². The summed E-state index contributed by atoms with van der Waals surface area (Å²) in [4.78, 5) is 35.3. The molecule has 2 aromatic rings. The van der Waals surface area contributed by atoms with E-state index in [1.807, 2.05) is 0 Å². The molecule has 3 rings (SSSR count). The van der Waals surface area contributed by atoms with Gasteiger partial charge in [-0.15, -0.1) is 0 Å². The summed E-state index contributed by atoms with van der Waals surface area (Å²) < 4.78 is 15.3. The molecule has 0 bridgehead atoms. The van der Waals surface area contributed by atoms with Gasteiger partial charge >= 0.3 is 5.97 Å². The van der Waals surface area contributed by atoms with E-state index in [1.165, 1.54) is 12.1 Å². The Bertz CT molecular complexity index is 901. The molecule has 0 atom stereocenters. The Kier molecular flexibility index (Phi) is 5.51. The highest BCUT2D eigenvalue weighted by molar-refractivity contribution is 6.02. The Balaban J connectivity index is 1.55. The number of carbonyl (C=O) groups excluding carboxylic acids is 3.